The second-order valence-electron chi connectivity index (χ2n) is 4.96. The van der Waals surface area contributed by atoms with Crippen LogP contribution < -0.4 is 10.5 Å². The predicted molar refractivity (Wildman–Crippen MR) is 74.9 cm³/mol. The zero-order valence-corrected chi connectivity index (χ0v) is 12.3. The molecule has 0 amide bonds. The van der Waals surface area contributed by atoms with Crippen molar-refractivity contribution in [3.63, 3.8) is 0 Å². The van der Waals surface area contributed by atoms with Gasteiger partial charge in [0, 0.05) is 0 Å². The molecule has 1 rings (SSSR count). The molecule has 0 aliphatic heterocycles. The largest absolute Gasteiger partial charge is 0.320 e. The van der Waals surface area contributed by atoms with Crippen LogP contribution in [0.5, 0.6) is 0 Å². The van der Waals surface area contributed by atoms with Crippen molar-refractivity contribution in [1.29, 1.82) is 0 Å². The summed E-state index contributed by atoms with van der Waals surface area (Å²) in [6.07, 6.45) is 1.53. The van der Waals surface area contributed by atoms with E-state index in [1.807, 2.05) is 20.8 Å². The Hall–Kier alpha value is -1.10. The summed E-state index contributed by atoms with van der Waals surface area (Å²) in [5.41, 5.74) is 4.95. The molecule has 0 aromatic carbocycles. The van der Waals surface area contributed by atoms with Gasteiger partial charge in [0.15, 0.2) is 5.13 Å². The number of thiazole rings is 1. The molecule has 0 fully saturated rings. The standard InChI is InChI=1S/C11H17N3O2S2/c1-11(2,3)8-18(15,16)14-10-13-7-9(17-10)5-4-6-12/h7H,6,8,12H2,1-3H3,(H,13,14). The van der Waals surface area contributed by atoms with E-state index in [-0.39, 0.29) is 17.7 Å². The van der Waals surface area contributed by atoms with Gasteiger partial charge < -0.3 is 5.73 Å². The number of hydrogen-bond acceptors (Lipinski definition) is 5. The van der Waals surface area contributed by atoms with Crippen molar-refractivity contribution in [3.05, 3.63) is 11.1 Å². The van der Waals surface area contributed by atoms with Gasteiger partial charge in [-0.2, -0.15) is 0 Å². The zero-order valence-electron chi connectivity index (χ0n) is 10.6. The minimum Gasteiger partial charge on any atom is -0.320 e. The van der Waals surface area contributed by atoms with Crippen LogP contribution in [-0.4, -0.2) is 25.7 Å². The van der Waals surface area contributed by atoms with Crippen LogP contribution in [0, 0.1) is 17.3 Å². The molecule has 1 aromatic rings. The molecule has 0 radical (unpaired) electrons. The van der Waals surface area contributed by atoms with E-state index in [9.17, 15) is 8.42 Å². The lowest BCUT2D eigenvalue weighted by Gasteiger charge is -2.17. The zero-order chi connectivity index (χ0) is 13.8. The Balaban J connectivity index is 2.76. The number of sulfonamides is 1. The van der Waals surface area contributed by atoms with Gasteiger partial charge in [-0.05, 0) is 5.41 Å². The molecule has 100 valence electrons. The van der Waals surface area contributed by atoms with E-state index in [1.165, 1.54) is 17.5 Å². The van der Waals surface area contributed by atoms with Gasteiger partial charge in [-0.1, -0.05) is 43.9 Å². The summed E-state index contributed by atoms with van der Waals surface area (Å²) in [6.45, 7) is 5.87. The molecular formula is C11H17N3O2S2. The van der Waals surface area contributed by atoms with Crippen LogP contribution in [0.1, 0.15) is 25.6 Å². The number of anilines is 1. The number of nitrogens with zero attached hydrogens (tertiary/aromatic N) is 1. The van der Waals surface area contributed by atoms with Crippen LogP contribution in [-0.2, 0) is 10.0 Å². The van der Waals surface area contributed by atoms with E-state index >= 15 is 0 Å². The van der Waals surface area contributed by atoms with Gasteiger partial charge in [0.1, 0.15) is 0 Å². The van der Waals surface area contributed by atoms with Crippen LogP contribution in [0.4, 0.5) is 5.13 Å². The summed E-state index contributed by atoms with van der Waals surface area (Å²) in [7, 11) is -3.37. The lowest BCUT2D eigenvalue weighted by Crippen LogP contribution is -2.26. The Labute approximate surface area is 112 Å². The Bertz CT molecular complexity index is 559. The molecule has 1 heterocycles. The molecule has 3 N–H and O–H groups in total. The van der Waals surface area contributed by atoms with Gasteiger partial charge in [-0.3, -0.25) is 4.72 Å². The maximum atomic E-state index is 11.8. The van der Waals surface area contributed by atoms with Gasteiger partial charge in [0.25, 0.3) is 0 Å². The number of hydrogen-bond donors (Lipinski definition) is 2. The maximum absolute atomic E-state index is 11.8. The lowest BCUT2D eigenvalue weighted by atomic mass is 10.0. The van der Waals surface area contributed by atoms with Crippen LogP contribution in [0.15, 0.2) is 6.20 Å². The SMILES string of the molecule is CC(C)(C)CS(=O)(=O)Nc1ncc(C#CCN)s1. The smallest absolute Gasteiger partial charge is 0.235 e. The van der Waals surface area contributed by atoms with Crippen LogP contribution in [0.25, 0.3) is 0 Å². The van der Waals surface area contributed by atoms with E-state index in [2.05, 4.69) is 21.5 Å². The van der Waals surface area contributed by atoms with Crippen LogP contribution in [0.3, 0.4) is 0 Å². The minimum atomic E-state index is -3.37. The van der Waals surface area contributed by atoms with Crippen LogP contribution >= 0.6 is 11.3 Å². The number of nitrogens with two attached hydrogens (primary N) is 1. The number of nitrogens with one attached hydrogen (secondary N) is 1. The third-order valence-corrected chi connectivity index (χ3v) is 4.39. The molecule has 7 heteroatoms. The Morgan fingerprint density at radius 2 is 2.17 bits per heavy atom. The van der Waals surface area contributed by atoms with Crippen molar-refractivity contribution < 1.29 is 8.42 Å². The summed E-state index contributed by atoms with van der Waals surface area (Å²) in [5.74, 6) is 5.54. The summed E-state index contributed by atoms with van der Waals surface area (Å²) >= 11 is 1.20. The summed E-state index contributed by atoms with van der Waals surface area (Å²) in [4.78, 5) is 4.66. The summed E-state index contributed by atoms with van der Waals surface area (Å²) < 4.78 is 26.1. The van der Waals surface area contributed by atoms with Crippen molar-refractivity contribution in [3.8, 4) is 11.8 Å². The Kier molecular flexibility index (Phi) is 4.73. The molecule has 0 aliphatic rings. The van der Waals surface area contributed by atoms with Crippen molar-refractivity contribution in [1.82, 2.24) is 4.98 Å². The van der Waals surface area contributed by atoms with E-state index in [1.54, 1.807) is 0 Å². The first kappa shape index (κ1) is 15.0. The Morgan fingerprint density at radius 3 is 2.72 bits per heavy atom. The molecule has 0 saturated carbocycles. The second-order valence-corrected chi connectivity index (χ2v) is 7.71. The molecule has 0 unspecified atom stereocenters. The van der Waals surface area contributed by atoms with Crippen molar-refractivity contribution in [2.75, 3.05) is 17.0 Å². The van der Waals surface area contributed by atoms with Crippen molar-refractivity contribution >= 4 is 26.5 Å². The fourth-order valence-electron chi connectivity index (χ4n) is 1.26. The molecule has 1 aromatic heterocycles. The molecular weight excluding hydrogens is 270 g/mol. The van der Waals surface area contributed by atoms with Gasteiger partial charge in [-0.25, -0.2) is 13.4 Å². The summed E-state index contributed by atoms with van der Waals surface area (Å²) in [5, 5.41) is 0.334. The summed E-state index contributed by atoms with van der Waals surface area (Å²) in [6, 6.07) is 0. The minimum absolute atomic E-state index is 0.0450. The lowest BCUT2D eigenvalue weighted by molar-refractivity contribution is 0.463. The average Bonchev–Trinajstić information content (AvgIpc) is 2.57. The average molecular weight is 287 g/mol. The highest BCUT2D eigenvalue weighted by Gasteiger charge is 2.22. The van der Waals surface area contributed by atoms with Crippen molar-refractivity contribution in [2.24, 2.45) is 11.1 Å². The molecule has 0 bridgehead atoms. The Morgan fingerprint density at radius 1 is 1.50 bits per heavy atom. The maximum Gasteiger partial charge on any atom is 0.235 e. The van der Waals surface area contributed by atoms with E-state index in [0.717, 1.165) is 0 Å². The second kappa shape index (κ2) is 5.69. The fourth-order valence-corrected chi connectivity index (χ4v) is 3.88. The normalized spacial score (nSPS) is 11.8. The van der Waals surface area contributed by atoms with Gasteiger partial charge >= 0.3 is 0 Å². The molecule has 0 atom stereocenters. The number of rotatable bonds is 3. The first-order chi connectivity index (χ1) is 8.22. The number of aromatic nitrogens is 1. The van der Waals surface area contributed by atoms with E-state index in [4.69, 9.17) is 5.73 Å². The van der Waals surface area contributed by atoms with Crippen LogP contribution in [0.2, 0.25) is 0 Å². The quantitative estimate of drug-likeness (QED) is 0.819. The highest BCUT2D eigenvalue weighted by molar-refractivity contribution is 7.92. The third-order valence-electron chi connectivity index (χ3n) is 1.69. The highest BCUT2D eigenvalue weighted by atomic mass is 32.2. The van der Waals surface area contributed by atoms with Gasteiger partial charge in [-0.15, -0.1) is 0 Å². The fraction of sp³-hybridized carbons (Fsp3) is 0.545. The van der Waals surface area contributed by atoms with Gasteiger partial charge in [0.05, 0.1) is 23.4 Å². The first-order valence-corrected chi connectivity index (χ1v) is 7.84. The topological polar surface area (TPSA) is 85.1 Å². The third kappa shape index (κ3) is 5.49. The molecule has 0 aliphatic carbocycles. The molecule has 18 heavy (non-hydrogen) atoms. The first-order valence-electron chi connectivity index (χ1n) is 5.37. The molecule has 0 spiro atoms. The van der Waals surface area contributed by atoms with Gasteiger partial charge in [0.2, 0.25) is 10.0 Å². The highest BCUT2D eigenvalue weighted by Crippen LogP contribution is 2.21. The predicted octanol–water partition coefficient (Wildman–Crippen LogP) is 1.24. The molecule has 0 saturated heterocycles. The monoisotopic (exact) mass is 287 g/mol. The van der Waals surface area contributed by atoms with Crippen molar-refractivity contribution in [2.45, 2.75) is 20.8 Å². The van der Waals surface area contributed by atoms with E-state index in [0.29, 0.717) is 10.0 Å². The van der Waals surface area contributed by atoms with E-state index < -0.39 is 10.0 Å². The molecule has 5 nitrogen and oxygen atoms in total.